The summed E-state index contributed by atoms with van der Waals surface area (Å²) in [4.78, 5) is 17.3. The van der Waals surface area contributed by atoms with Crippen molar-refractivity contribution in [2.24, 2.45) is 0 Å². The van der Waals surface area contributed by atoms with Crippen molar-refractivity contribution in [2.45, 2.75) is 13.5 Å². The largest absolute Gasteiger partial charge is 0.486 e. The fourth-order valence-electron chi connectivity index (χ4n) is 2.29. The van der Waals surface area contributed by atoms with Gasteiger partial charge in [0.15, 0.2) is 22.9 Å². The number of nitrogens with one attached hydrogen (secondary N) is 1. The molecule has 1 amide bonds. The second kappa shape index (κ2) is 7.68. The molecular weight excluding hydrogens is 384 g/mol. The maximum atomic E-state index is 12.5. The van der Waals surface area contributed by atoms with Gasteiger partial charge in [0.05, 0.1) is 4.88 Å². The molecule has 0 saturated carbocycles. The minimum absolute atomic E-state index is 0.213. The molecule has 1 aromatic carbocycles. The van der Waals surface area contributed by atoms with E-state index in [1.54, 1.807) is 0 Å². The molecule has 9 heteroatoms. The van der Waals surface area contributed by atoms with Crippen molar-refractivity contribution in [2.75, 3.05) is 5.32 Å². The molecule has 0 aliphatic rings. The number of benzene rings is 1. The van der Waals surface area contributed by atoms with E-state index in [9.17, 15) is 4.79 Å². The Morgan fingerprint density at radius 2 is 2.07 bits per heavy atom. The van der Waals surface area contributed by atoms with E-state index in [0.717, 1.165) is 16.2 Å². The molecule has 0 aliphatic heterocycles. The standard InChI is InChI=1S/C18H14N4O3S2/c1-11-4-6-12(7-5-11)24-9-14-21-22-18(27-14)20-17(23)15-16(25-10-19-15)13-3-2-8-26-13/h2-8,10H,9H2,1H3,(H,20,22,23). The number of carbonyl (C=O) groups is 1. The first-order valence-corrected chi connectivity index (χ1v) is 9.69. The summed E-state index contributed by atoms with van der Waals surface area (Å²) in [5.74, 6) is 0.800. The highest BCUT2D eigenvalue weighted by Gasteiger charge is 2.20. The molecule has 1 N–H and O–H groups in total. The lowest BCUT2D eigenvalue weighted by atomic mass is 10.2. The average Bonchev–Trinajstić information content (AvgIpc) is 3.42. The van der Waals surface area contributed by atoms with Crippen molar-refractivity contribution in [3.8, 4) is 16.4 Å². The van der Waals surface area contributed by atoms with E-state index < -0.39 is 5.91 Å². The zero-order valence-electron chi connectivity index (χ0n) is 14.2. The first kappa shape index (κ1) is 17.4. The number of aryl methyl sites for hydroxylation is 1. The summed E-state index contributed by atoms with van der Waals surface area (Å²) in [5, 5.41) is 13.7. The Kier molecular flexibility index (Phi) is 4.95. The molecule has 0 saturated heterocycles. The number of oxazole rings is 1. The summed E-state index contributed by atoms with van der Waals surface area (Å²) in [7, 11) is 0. The van der Waals surface area contributed by atoms with E-state index in [0.29, 0.717) is 15.9 Å². The van der Waals surface area contributed by atoms with Gasteiger partial charge in [0.2, 0.25) is 5.13 Å². The summed E-state index contributed by atoms with van der Waals surface area (Å²) >= 11 is 2.72. The van der Waals surface area contributed by atoms with Gasteiger partial charge in [-0.3, -0.25) is 10.1 Å². The van der Waals surface area contributed by atoms with Crippen LogP contribution in [0.1, 0.15) is 21.1 Å². The van der Waals surface area contributed by atoms with Crippen LogP contribution in [-0.4, -0.2) is 21.1 Å². The second-order valence-electron chi connectivity index (χ2n) is 5.56. The van der Waals surface area contributed by atoms with E-state index in [4.69, 9.17) is 9.15 Å². The molecule has 0 fully saturated rings. The molecule has 0 atom stereocenters. The Balaban J connectivity index is 1.40. The lowest BCUT2D eigenvalue weighted by molar-refractivity contribution is 0.102. The zero-order chi connectivity index (χ0) is 18.6. The number of nitrogens with zero attached hydrogens (tertiary/aromatic N) is 3. The van der Waals surface area contributed by atoms with Gasteiger partial charge in [0.1, 0.15) is 12.4 Å². The third-order valence-electron chi connectivity index (χ3n) is 3.60. The minimum atomic E-state index is -0.394. The summed E-state index contributed by atoms with van der Waals surface area (Å²) in [5.41, 5.74) is 1.38. The summed E-state index contributed by atoms with van der Waals surface area (Å²) < 4.78 is 11.0. The summed E-state index contributed by atoms with van der Waals surface area (Å²) in [6.45, 7) is 2.29. The molecule has 0 aliphatic carbocycles. The fourth-order valence-corrected chi connectivity index (χ4v) is 3.65. The smallest absolute Gasteiger partial charge is 0.280 e. The first-order valence-electron chi connectivity index (χ1n) is 7.99. The molecule has 3 aromatic heterocycles. The van der Waals surface area contributed by atoms with Gasteiger partial charge in [-0.2, -0.15) is 0 Å². The van der Waals surface area contributed by atoms with E-state index in [-0.39, 0.29) is 12.3 Å². The number of thiophene rings is 1. The number of hydrogen-bond acceptors (Lipinski definition) is 8. The SMILES string of the molecule is Cc1ccc(OCc2nnc(NC(=O)c3ncoc3-c3cccs3)s2)cc1. The van der Waals surface area contributed by atoms with Crippen molar-refractivity contribution in [3.63, 3.8) is 0 Å². The van der Waals surface area contributed by atoms with Gasteiger partial charge in [-0.15, -0.1) is 21.5 Å². The molecule has 4 aromatic rings. The third-order valence-corrected chi connectivity index (χ3v) is 5.28. The third kappa shape index (κ3) is 4.04. The number of hydrogen-bond donors (Lipinski definition) is 1. The van der Waals surface area contributed by atoms with Crippen molar-refractivity contribution >= 4 is 33.7 Å². The quantitative estimate of drug-likeness (QED) is 0.518. The Bertz CT molecular complexity index is 1040. The molecule has 0 bridgehead atoms. The molecule has 0 unspecified atom stereocenters. The van der Waals surface area contributed by atoms with Crippen LogP contribution in [0.5, 0.6) is 5.75 Å². The van der Waals surface area contributed by atoms with Crippen molar-refractivity contribution in [1.29, 1.82) is 0 Å². The molecule has 136 valence electrons. The van der Waals surface area contributed by atoms with E-state index >= 15 is 0 Å². The van der Waals surface area contributed by atoms with Gasteiger partial charge < -0.3 is 9.15 Å². The number of rotatable bonds is 6. The van der Waals surface area contributed by atoms with Crippen LogP contribution in [0.3, 0.4) is 0 Å². The molecule has 7 nitrogen and oxygen atoms in total. The van der Waals surface area contributed by atoms with Crippen LogP contribution >= 0.6 is 22.7 Å². The number of aromatic nitrogens is 3. The van der Waals surface area contributed by atoms with Gasteiger partial charge in [-0.05, 0) is 30.5 Å². The molecular formula is C18H14N4O3S2. The topological polar surface area (TPSA) is 90.1 Å². The number of ether oxygens (including phenoxy) is 1. The highest BCUT2D eigenvalue weighted by atomic mass is 32.1. The van der Waals surface area contributed by atoms with Gasteiger partial charge in [0, 0.05) is 0 Å². The zero-order valence-corrected chi connectivity index (χ0v) is 15.8. The normalized spacial score (nSPS) is 10.7. The van der Waals surface area contributed by atoms with Crippen molar-refractivity contribution < 1.29 is 13.9 Å². The second-order valence-corrected chi connectivity index (χ2v) is 7.57. The lowest BCUT2D eigenvalue weighted by Gasteiger charge is -2.03. The van der Waals surface area contributed by atoms with Crippen LogP contribution in [-0.2, 0) is 6.61 Å². The van der Waals surface area contributed by atoms with Crippen LogP contribution < -0.4 is 10.1 Å². The Morgan fingerprint density at radius 3 is 2.85 bits per heavy atom. The Morgan fingerprint density at radius 1 is 1.22 bits per heavy atom. The Hall–Kier alpha value is -3.04. The average molecular weight is 398 g/mol. The summed E-state index contributed by atoms with van der Waals surface area (Å²) in [6, 6.07) is 11.5. The predicted molar refractivity (Wildman–Crippen MR) is 103 cm³/mol. The van der Waals surface area contributed by atoms with Gasteiger partial charge in [-0.25, -0.2) is 4.98 Å². The molecule has 3 heterocycles. The van der Waals surface area contributed by atoms with Gasteiger partial charge in [0.25, 0.3) is 5.91 Å². The lowest BCUT2D eigenvalue weighted by Crippen LogP contribution is -2.13. The Labute approximate surface area is 162 Å². The van der Waals surface area contributed by atoms with Crippen molar-refractivity contribution in [3.05, 3.63) is 64.4 Å². The first-order chi connectivity index (χ1) is 13.2. The van der Waals surface area contributed by atoms with E-state index in [1.165, 1.54) is 29.1 Å². The van der Waals surface area contributed by atoms with Crippen LogP contribution in [0.2, 0.25) is 0 Å². The van der Waals surface area contributed by atoms with Crippen LogP contribution in [0, 0.1) is 6.92 Å². The predicted octanol–water partition coefficient (Wildman–Crippen LogP) is 4.39. The van der Waals surface area contributed by atoms with Crippen LogP contribution in [0.15, 0.2) is 52.6 Å². The highest BCUT2D eigenvalue weighted by molar-refractivity contribution is 7.15. The van der Waals surface area contributed by atoms with Crippen LogP contribution in [0.25, 0.3) is 10.6 Å². The number of amides is 1. The van der Waals surface area contributed by atoms with E-state index in [2.05, 4.69) is 20.5 Å². The van der Waals surface area contributed by atoms with Crippen molar-refractivity contribution in [1.82, 2.24) is 15.2 Å². The minimum Gasteiger partial charge on any atom is -0.486 e. The maximum absolute atomic E-state index is 12.5. The molecule has 0 radical (unpaired) electrons. The summed E-state index contributed by atoms with van der Waals surface area (Å²) in [6.07, 6.45) is 1.25. The monoisotopic (exact) mass is 398 g/mol. The van der Waals surface area contributed by atoms with Gasteiger partial charge >= 0.3 is 0 Å². The maximum Gasteiger partial charge on any atom is 0.280 e. The molecule has 0 spiro atoms. The van der Waals surface area contributed by atoms with Gasteiger partial charge in [-0.1, -0.05) is 35.1 Å². The molecule has 27 heavy (non-hydrogen) atoms. The fraction of sp³-hybridized carbons (Fsp3) is 0.111. The number of anilines is 1. The molecule has 4 rings (SSSR count). The van der Waals surface area contributed by atoms with E-state index in [1.807, 2.05) is 48.7 Å². The number of carbonyl (C=O) groups excluding carboxylic acids is 1. The van der Waals surface area contributed by atoms with Crippen LogP contribution in [0.4, 0.5) is 5.13 Å². The highest BCUT2D eigenvalue weighted by Crippen LogP contribution is 2.28.